The van der Waals surface area contributed by atoms with Crippen molar-refractivity contribution in [3.05, 3.63) is 40.5 Å². The third-order valence-electron chi connectivity index (χ3n) is 5.68. The predicted octanol–water partition coefficient (Wildman–Crippen LogP) is 2.18. The van der Waals surface area contributed by atoms with E-state index in [1.54, 1.807) is 12.3 Å². The van der Waals surface area contributed by atoms with E-state index in [-0.39, 0.29) is 5.91 Å². The van der Waals surface area contributed by atoms with Crippen molar-refractivity contribution >= 4 is 5.91 Å². The average Bonchev–Trinajstić information content (AvgIpc) is 3.44. The summed E-state index contributed by atoms with van der Waals surface area (Å²) in [6, 6.07) is 1.79. The van der Waals surface area contributed by atoms with E-state index < -0.39 is 0 Å². The van der Waals surface area contributed by atoms with Crippen LogP contribution in [0.5, 0.6) is 0 Å². The molecular formula is C19H22N6O2. The molecule has 0 spiro atoms. The van der Waals surface area contributed by atoms with E-state index in [0.29, 0.717) is 31.7 Å². The van der Waals surface area contributed by atoms with Crippen LogP contribution in [0.3, 0.4) is 0 Å². The van der Waals surface area contributed by atoms with Crippen LogP contribution in [0, 0.1) is 0 Å². The number of hydrogen-bond donors (Lipinski definition) is 2. The second-order valence-electron chi connectivity index (χ2n) is 7.31. The minimum atomic E-state index is 0.165. The summed E-state index contributed by atoms with van der Waals surface area (Å²) < 4.78 is 5.24. The van der Waals surface area contributed by atoms with Gasteiger partial charge in [-0.2, -0.15) is 10.2 Å². The van der Waals surface area contributed by atoms with Crippen molar-refractivity contribution in [2.24, 2.45) is 0 Å². The summed E-state index contributed by atoms with van der Waals surface area (Å²) in [6.45, 7) is 1.27. The van der Waals surface area contributed by atoms with Gasteiger partial charge in [-0.3, -0.25) is 15.0 Å². The number of nitrogens with one attached hydrogen (secondary N) is 2. The molecule has 140 valence electrons. The van der Waals surface area contributed by atoms with E-state index in [1.165, 1.54) is 24.1 Å². The SMILES string of the molecule is O=C(CCc1n[nH]c2c1CCCC2)N1CCc2[nH]nc(-c3ccno3)c2C1. The second-order valence-corrected chi connectivity index (χ2v) is 7.31. The highest BCUT2D eigenvalue weighted by Gasteiger charge is 2.27. The third-order valence-corrected chi connectivity index (χ3v) is 5.68. The average molecular weight is 366 g/mol. The largest absolute Gasteiger partial charge is 0.355 e. The molecule has 27 heavy (non-hydrogen) atoms. The molecule has 0 bridgehead atoms. The van der Waals surface area contributed by atoms with Gasteiger partial charge in [-0.1, -0.05) is 5.16 Å². The topological polar surface area (TPSA) is 104 Å². The summed E-state index contributed by atoms with van der Waals surface area (Å²) in [6.07, 6.45) is 8.17. The molecule has 0 unspecified atom stereocenters. The van der Waals surface area contributed by atoms with Crippen LogP contribution in [0.2, 0.25) is 0 Å². The Morgan fingerprint density at radius 2 is 1.96 bits per heavy atom. The predicted molar refractivity (Wildman–Crippen MR) is 96.8 cm³/mol. The zero-order chi connectivity index (χ0) is 18.2. The second kappa shape index (κ2) is 6.68. The molecule has 0 fully saturated rings. The van der Waals surface area contributed by atoms with Gasteiger partial charge in [-0.25, -0.2) is 0 Å². The molecule has 0 saturated carbocycles. The molecule has 1 aliphatic carbocycles. The molecule has 4 heterocycles. The number of carbonyl (C=O) groups excluding carboxylic acids is 1. The maximum absolute atomic E-state index is 12.8. The van der Waals surface area contributed by atoms with E-state index in [0.717, 1.165) is 41.9 Å². The van der Waals surface area contributed by atoms with Crippen LogP contribution in [-0.4, -0.2) is 42.9 Å². The van der Waals surface area contributed by atoms with E-state index in [2.05, 4.69) is 25.6 Å². The standard InChI is InChI=1S/C19H22N6O2/c26-18(6-5-15-12-3-1-2-4-14(12)21-22-15)25-10-8-16-13(11-25)19(24-23-16)17-7-9-20-27-17/h7,9H,1-6,8,10-11H2,(H,21,22)(H,23,24). The summed E-state index contributed by atoms with van der Waals surface area (Å²) in [4.78, 5) is 14.7. The Kier molecular flexibility index (Phi) is 4.03. The maximum atomic E-state index is 12.8. The molecule has 5 rings (SSSR count). The van der Waals surface area contributed by atoms with E-state index >= 15 is 0 Å². The van der Waals surface area contributed by atoms with Crippen molar-refractivity contribution in [1.29, 1.82) is 0 Å². The first-order chi connectivity index (χ1) is 13.3. The van der Waals surface area contributed by atoms with Gasteiger partial charge >= 0.3 is 0 Å². The number of nitrogens with zero attached hydrogens (tertiary/aromatic N) is 4. The van der Waals surface area contributed by atoms with Gasteiger partial charge in [0.25, 0.3) is 0 Å². The smallest absolute Gasteiger partial charge is 0.223 e. The van der Waals surface area contributed by atoms with Gasteiger partial charge in [0.05, 0.1) is 11.9 Å². The Bertz CT molecular complexity index is 955. The number of H-pyrrole nitrogens is 2. The molecule has 2 aliphatic rings. The quantitative estimate of drug-likeness (QED) is 0.736. The first-order valence-corrected chi connectivity index (χ1v) is 9.59. The molecular weight excluding hydrogens is 344 g/mol. The molecule has 8 heteroatoms. The molecule has 3 aromatic heterocycles. The number of aromatic nitrogens is 5. The van der Waals surface area contributed by atoms with Crippen LogP contribution in [0.1, 0.15) is 47.5 Å². The lowest BCUT2D eigenvalue weighted by molar-refractivity contribution is -0.132. The fourth-order valence-electron chi connectivity index (χ4n) is 4.19. The zero-order valence-electron chi connectivity index (χ0n) is 15.1. The Morgan fingerprint density at radius 3 is 2.85 bits per heavy atom. The number of fused-ring (bicyclic) bond motifs is 2. The molecule has 2 N–H and O–H groups in total. The summed E-state index contributed by atoms with van der Waals surface area (Å²) in [7, 11) is 0. The number of rotatable bonds is 4. The van der Waals surface area contributed by atoms with Crippen molar-refractivity contribution in [1.82, 2.24) is 30.5 Å². The Hall–Kier alpha value is -2.90. The van der Waals surface area contributed by atoms with E-state index in [9.17, 15) is 4.79 Å². The monoisotopic (exact) mass is 366 g/mol. The van der Waals surface area contributed by atoms with Crippen LogP contribution in [-0.2, 0) is 37.0 Å². The molecule has 1 amide bonds. The number of hydrogen-bond acceptors (Lipinski definition) is 5. The van der Waals surface area contributed by atoms with Crippen molar-refractivity contribution in [3.63, 3.8) is 0 Å². The van der Waals surface area contributed by atoms with Gasteiger partial charge in [-0.05, 0) is 31.2 Å². The van der Waals surface area contributed by atoms with Gasteiger partial charge in [-0.15, -0.1) is 0 Å². The summed E-state index contributed by atoms with van der Waals surface area (Å²) >= 11 is 0. The molecule has 0 saturated heterocycles. The summed E-state index contributed by atoms with van der Waals surface area (Å²) in [5.41, 5.74) is 6.54. The Labute approximate surface area is 156 Å². The minimum absolute atomic E-state index is 0.165. The lowest BCUT2D eigenvalue weighted by Gasteiger charge is -2.27. The molecule has 8 nitrogen and oxygen atoms in total. The van der Waals surface area contributed by atoms with Crippen LogP contribution in [0.15, 0.2) is 16.8 Å². The third kappa shape index (κ3) is 2.94. The van der Waals surface area contributed by atoms with Gasteiger partial charge < -0.3 is 9.42 Å². The lowest BCUT2D eigenvalue weighted by Crippen LogP contribution is -2.36. The first kappa shape index (κ1) is 16.3. The van der Waals surface area contributed by atoms with Crippen LogP contribution < -0.4 is 0 Å². The fourth-order valence-corrected chi connectivity index (χ4v) is 4.19. The van der Waals surface area contributed by atoms with Crippen LogP contribution in [0.4, 0.5) is 0 Å². The number of aromatic amines is 2. The molecule has 0 aromatic carbocycles. The highest BCUT2D eigenvalue weighted by molar-refractivity contribution is 5.77. The number of carbonyl (C=O) groups is 1. The minimum Gasteiger partial charge on any atom is -0.355 e. The van der Waals surface area contributed by atoms with Gasteiger partial charge in [0.2, 0.25) is 5.91 Å². The van der Waals surface area contributed by atoms with Gasteiger partial charge in [0.1, 0.15) is 5.69 Å². The van der Waals surface area contributed by atoms with Crippen molar-refractivity contribution in [2.75, 3.05) is 6.54 Å². The van der Waals surface area contributed by atoms with E-state index in [1.807, 2.05) is 4.90 Å². The fraction of sp³-hybridized carbons (Fsp3) is 0.474. The molecule has 1 aliphatic heterocycles. The normalized spacial score (nSPS) is 16.2. The van der Waals surface area contributed by atoms with Gasteiger partial charge in [0, 0.05) is 55.4 Å². The first-order valence-electron chi connectivity index (χ1n) is 9.59. The van der Waals surface area contributed by atoms with Gasteiger partial charge in [0.15, 0.2) is 5.76 Å². The Balaban J connectivity index is 1.27. The zero-order valence-corrected chi connectivity index (χ0v) is 15.1. The number of aryl methyl sites for hydroxylation is 2. The highest BCUT2D eigenvalue weighted by atomic mass is 16.5. The van der Waals surface area contributed by atoms with E-state index in [4.69, 9.17) is 4.52 Å². The van der Waals surface area contributed by atoms with Crippen LogP contribution in [0.25, 0.3) is 11.5 Å². The molecule has 0 atom stereocenters. The summed E-state index contributed by atoms with van der Waals surface area (Å²) in [5, 5.41) is 18.8. The van der Waals surface area contributed by atoms with Crippen molar-refractivity contribution in [2.45, 2.75) is 51.5 Å². The molecule has 0 radical (unpaired) electrons. The molecule has 3 aromatic rings. The van der Waals surface area contributed by atoms with Crippen molar-refractivity contribution < 1.29 is 9.32 Å². The Morgan fingerprint density at radius 1 is 1.11 bits per heavy atom. The lowest BCUT2D eigenvalue weighted by atomic mass is 9.94. The highest BCUT2D eigenvalue weighted by Crippen LogP contribution is 2.29. The number of amides is 1. The van der Waals surface area contributed by atoms with Crippen molar-refractivity contribution in [3.8, 4) is 11.5 Å². The summed E-state index contributed by atoms with van der Waals surface area (Å²) in [5.74, 6) is 0.794. The maximum Gasteiger partial charge on any atom is 0.223 e. The van der Waals surface area contributed by atoms with Crippen LogP contribution >= 0.6 is 0 Å².